The molecule has 0 amide bonds. The van der Waals surface area contributed by atoms with Crippen molar-refractivity contribution < 1.29 is 4.74 Å². The molecular formula is C27H33N7O. The van der Waals surface area contributed by atoms with Gasteiger partial charge in [-0.1, -0.05) is 29.8 Å². The zero-order valence-electron chi connectivity index (χ0n) is 21.3. The molecule has 3 heterocycles. The molecule has 0 aliphatic heterocycles. The van der Waals surface area contributed by atoms with Gasteiger partial charge in [0.1, 0.15) is 18.0 Å². The van der Waals surface area contributed by atoms with Gasteiger partial charge in [0.25, 0.3) is 0 Å². The Kier molecular flexibility index (Phi) is 6.15. The number of aromatic nitrogens is 6. The van der Waals surface area contributed by atoms with Gasteiger partial charge in [-0.15, -0.1) is 0 Å². The first-order chi connectivity index (χ1) is 16.9. The summed E-state index contributed by atoms with van der Waals surface area (Å²) in [6.45, 7) is 11.2. The minimum atomic E-state index is -0.0391. The van der Waals surface area contributed by atoms with Crippen LogP contribution in [-0.4, -0.2) is 36.6 Å². The van der Waals surface area contributed by atoms with Gasteiger partial charge in [0.15, 0.2) is 5.82 Å². The van der Waals surface area contributed by atoms with E-state index in [0.717, 1.165) is 46.1 Å². The highest BCUT2D eigenvalue weighted by molar-refractivity contribution is 5.71. The van der Waals surface area contributed by atoms with E-state index >= 15 is 0 Å². The van der Waals surface area contributed by atoms with Gasteiger partial charge in [0.05, 0.1) is 17.5 Å². The Morgan fingerprint density at radius 2 is 1.80 bits per heavy atom. The fraction of sp³-hybridized carbons (Fsp3) is 0.407. The van der Waals surface area contributed by atoms with E-state index in [9.17, 15) is 0 Å². The van der Waals surface area contributed by atoms with E-state index in [4.69, 9.17) is 14.9 Å². The Morgan fingerprint density at radius 1 is 1.06 bits per heavy atom. The first-order valence-electron chi connectivity index (χ1n) is 12.2. The van der Waals surface area contributed by atoms with E-state index in [1.807, 2.05) is 31.5 Å². The van der Waals surface area contributed by atoms with Crippen molar-refractivity contribution in [2.75, 3.05) is 12.4 Å². The van der Waals surface area contributed by atoms with Crippen LogP contribution in [0.5, 0.6) is 0 Å². The average Bonchev–Trinajstić information content (AvgIpc) is 3.56. The van der Waals surface area contributed by atoms with Gasteiger partial charge in [-0.2, -0.15) is 10.2 Å². The average molecular weight is 472 g/mol. The van der Waals surface area contributed by atoms with Crippen LogP contribution in [-0.2, 0) is 11.3 Å². The summed E-state index contributed by atoms with van der Waals surface area (Å²) in [4.78, 5) is 9.01. The lowest BCUT2D eigenvalue weighted by Gasteiger charge is -2.12. The molecule has 0 bridgehead atoms. The van der Waals surface area contributed by atoms with Crippen LogP contribution >= 0.6 is 0 Å². The molecule has 4 aromatic rings. The lowest BCUT2D eigenvalue weighted by molar-refractivity contribution is 0.118. The van der Waals surface area contributed by atoms with Crippen LogP contribution in [0.25, 0.3) is 17.1 Å². The molecule has 1 unspecified atom stereocenters. The number of nitrogens with one attached hydrogen (secondary N) is 1. The number of methoxy groups -OCH3 is 1. The van der Waals surface area contributed by atoms with E-state index in [2.05, 4.69) is 58.1 Å². The van der Waals surface area contributed by atoms with Crippen molar-refractivity contribution in [2.24, 2.45) is 5.92 Å². The summed E-state index contributed by atoms with van der Waals surface area (Å²) in [5, 5.41) is 13.3. The van der Waals surface area contributed by atoms with Crippen molar-refractivity contribution in [1.29, 1.82) is 0 Å². The van der Waals surface area contributed by atoms with Gasteiger partial charge in [-0.05, 0) is 53.4 Å². The zero-order valence-corrected chi connectivity index (χ0v) is 21.3. The van der Waals surface area contributed by atoms with Crippen LogP contribution in [0.4, 0.5) is 11.6 Å². The van der Waals surface area contributed by atoms with Gasteiger partial charge >= 0.3 is 0 Å². The second-order valence-corrected chi connectivity index (χ2v) is 9.57. The van der Waals surface area contributed by atoms with Gasteiger partial charge in [0, 0.05) is 42.1 Å². The third-order valence-electron chi connectivity index (χ3n) is 6.87. The normalized spacial score (nSPS) is 14.3. The number of ether oxygens (including phenoxy) is 1. The first-order valence-corrected chi connectivity index (χ1v) is 12.2. The van der Waals surface area contributed by atoms with Gasteiger partial charge in [-0.3, -0.25) is 0 Å². The van der Waals surface area contributed by atoms with Gasteiger partial charge in [0.2, 0.25) is 0 Å². The Balaban J connectivity index is 1.50. The molecule has 3 aromatic heterocycles. The molecule has 35 heavy (non-hydrogen) atoms. The SMILES string of the molecule is COC(C)c1c(C)nn(-c2cc(Nc3c(C)c(-c4ccc(C)cc4)nn3CC3CC3)ncn2)c1C. The molecule has 0 spiro atoms. The molecule has 8 nitrogen and oxygen atoms in total. The molecule has 1 fully saturated rings. The molecule has 0 saturated heterocycles. The van der Waals surface area contributed by atoms with Crippen molar-refractivity contribution in [3.63, 3.8) is 0 Å². The predicted octanol–water partition coefficient (Wildman–Crippen LogP) is 5.62. The summed E-state index contributed by atoms with van der Waals surface area (Å²) in [5.41, 5.74) is 7.50. The highest BCUT2D eigenvalue weighted by atomic mass is 16.5. The molecule has 1 saturated carbocycles. The molecule has 5 rings (SSSR count). The highest BCUT2D eigenvalue weighted by Gasteiger charge is 2.26. The molecule has 182 valence electrons. The minimum absolute atomic E-state index is 0.0391. The van der Waals surface area contributed by atoms with Gasteiger partial charge in [-0.25, -0.2) is 19.3 Å². The Labute approximate surface area is 206 Å². The molecule has 0 radical (unpaired) electrons. The van der Waals surface area contributed by atoms with E-state index in [1.165, 1.54) is 18.4 Å². The number of hydrogen-bond donors (Lipinski definition) is 1. The fourth-order valence-electron chi connectivity index (χ4n) is 4.61. The summed E-state index contributed by atoms with van der Waals surface area (Å²) in [5.74, 6) is 3.08. The lowest BCUT2D eigenvalue weighted by atomic mass is 10.1. The molecule has 1 atom stereocenters. The molecular weight excluding hydrogens is 438 g/mol. The molecule has 1 aromatic carbocycles. The summed E-state index contributed by atoms with van der Waals surface area (Å²) >= 11 is 0. The van der Waals surface area contributed by atoms with E-state index in [-0.39, 0.29) is 6.10 Å². The monoisotopic (exact) mass is 471 g/mol. The molecule has 1 aliphatic carbocycles. The minimum Gasteiger partial charge on any atom is -0.377 e. The van der Waals surface area contributed by atoms with Crippen molar-refractivity contribution >= 4 is 11.6 Å². The van der Waals surface area contributed by atoms with Crippen molar-refractivity contribution in [2.45, 2.75) is 60.1 Å². The maximum atomic E-state index is 5.55. The quantitative estimate of drug-likeness (QED) is 0.359. The van der Waals surface area contributed by atoms with E-state index in [1.54, 1.807) is 13.4 Å². The van der Waals surface area contributed by atoms with Crippen LogP contribution in [0.3, 0.4) is 0 Å². The number of rotatable bonds is 8. The largest absolute Gasteiger partial charge is 0.377 e. The first kappa shape index (κ1) is 23.2. The maximum absolute atomic E-state index is 5.55. The number of anilines is 2. The van der Waals surface area contributed by atoms with Crippen LogP contribution < -0.4 is 5.32 Å². The number of aryl methyl sites for hydroxylation is 2. The van der Waals surface area contributed by atoms with Crippen LogP contribution in [0.15, 0.2) is 36.7 Å². The summed E-state index contributed by atoms with van der Waals surface area (Å²) in [7, 11) is 1.71. The third kappa shape index (κ3) is 4.58. The van der Waals surface area contributed by atoms with Crippen molar-refractivity contribution in [1.82, 2.24) is 29.5 Å². The van der Waals surface area contributed by atoms with Crippen LogP contribution in [0, 0.1) is 33.6 Å². The second kappa shape index (κ2) is 9.26. The fourth-order valence-corrected chi connectivity index (χ4v) is 4.61. The third-order valence-corrected chi connectivity index (χ3v) is 6.87. The van der Waals surface area contributed by atoms with E-state index < -0.39 is 0 Å². The lowest BCUT2D eigenvalue weighted by Crippen LogP contribution is -2.09. The van der Waals surface area contributed by atoms with Gasteiger partial charge < -0.3 is 10.1 Å². The number of hydrogen-bond acceptors (Lipinski definition) is 6. The molecule has 1 N–H and O–H groups in total. The maximum Gasteiger partial charge on any atom is 0.159 e. The standard InChI is InChI=1S/C27H33N7O/c1-16-7-11-22(12-8-16)26-17(2)27(33(32-26)14-21-9-10-21)30-23-13-24(29-15-28-23)34-19(4)25(18(3)31-34)20(5)35-6/h7-8,11-13,15,20-21H,9-10,14H2,1-6H3,(H,28,29,30). The van der Waals surface area contributed by atoms with Crippen molar-refractivity contribution in [3.05, 3.63) is 64.7 Å². The molecule has 8 heteroatoms. The predicted molar refractivity (Wildman–Crippen MR) is 137 cm³/mol. The Hall–Kier alpha value is -3.52. The second-order valence-electron chi connectivity index (χ2n) is 9.57. The van der Waals surface area contributed by atoms with Crippen LogP contribution in [0.1, 0.15) is 53.9 Å². The van der Waals surface area contributed by atoms with Crippen molar-refractivity contribution in [3.8, 4) is 17.1 Å². The number of nitrogens with zero attached hydrogens (tertiary/aromatic N) is 6. The smallest absolute Gasteiger partial charge is 0.159 e. The highest BCUT2D eigenvalue weighted by Crippen LogP contribution is 2.35. The zero-order chi connectivity index (χ0) is 24.7. The summed E-state index contributed by atoms with van der Waals surface area (Å²) < 4.78 is 9.51. The Morgan fingerprint density at radius 3 is 2.49 bits per heavy atom. The Bertz CT molecular complexity index is 1350. The number of benzene rings is 1. The van der Waals surface area contributed by atoms with Crippen LogP contribution in [0.2, 0.25) is 0 Å². The summed E-state index contributed by atoms with van der Waals surface area (Å²) in [6.07, 6.45) is 4.06. The van der Waals surface area contributed by atoms with E-state index in [0.29, 0.717) is 17.6 Å². The molecule has 1 aliphatic rings. The topological polar surface area (TPSA) is 82.7 Å². The summed E-state index contributed by atoms with van der Waals surface area (Å²) in [6, 6.07) is 10.5.